The molecule has 2 N–H and O–H groups in total. The SMILES string of the molecule is O=C(Cc1ccc(-c2ccccc2)cc1)N1CC[C@@H](N2CCC(O)CC2)[C@H](O)C1. The van der Waals surface area contributed by atoms with Crippen LogP contribution in [0.3, 0.4) is 0 Å². The zero-order valence-electron chi connectivity index (χ0n) is 16.8. The van der Waals surface area contributed by atoms with Gasteiger partial charge in [0.1, 0.15) is 0 Å². The molecule has 2 aliphatic rings. The summed E-state index contributed by atoms with van der Waals surface area (Å²) >= 11 is 0. The summed E-state index contributed by atoms with van der Waals surface area (Å²) < 4.78 is 0. The molecule has 154 valence electrons. The molecule has 2 aliphatic heterocycles. The normalized spacial score (nSPS) is 23.9. The molecule has 0 radical (unpaired) electrons. The highest BCUT2D eigenvalue weighted by Crippen LogP contribution is 2.23. The molecule has 2 aromatic rings. The third-order valence-corrected chi connectivity index (χ3v) is 6.28. The first-order valence-electron chi connectivity index (χ1n) is 10.6. The summed E-state index contributed by atoms with van der Waals surface area (Å²) in [6.45, 7) is 2.72. The number of hydrogen-bond donors (Lipinski definition) is 2. The molecular weight excluding hydrogens is 364 g/mol. The number of β-amino-alcohol motifs (C(OH)–C–C–N with tert-alkyl or cyclic N) is 1. The van der Waals surface area contributed by atoms with Gasteiger partial charge in [-0.3, -0.25) is 9.69 Å². The minimum absolute atomic E-state index is 0.0732. The Morgan fingerprint density at radius 2 is 1.52 bits per heavy atom. The van der Waals surface area contributed by atoms with Gasteiger partial charge >= 0.3 is 0 Å². The molecule has 1 amide bonds. The van der Waals surface area contributed by atoms with Gasteiger partial charge in [0, 0.05) is 32.2 Å². The van der Waals surface area contributed by atoms with Gasteiger partial charge in [-0.2, -0.15) is 0 Å². The largest absolute Gasteiger partial charge is 0.393 e. The zero-order chi connectivity index (χ0) is 20.2. The lowest BCUT2D eigenvalue weighted by atomic mass is 9.96. The van der Waals surface area contributed by atoms with Gasteiger partial charge in [0.15, 0.2) is 0 Å². The molecular formula is C24H30N2O3. The minimum atomic E-state index is -0.525. The summed E-state index contributed by atoms with van der Waals surface area (Å²) in [6.07, 6.45) is 1.95. The molecule has 4 rings (SSSR count). The van der Waals surface area contributed by atoms with E-state index in [0.29, 0.717) is 19.5 Å². The van der Waals surface area contributed by atoms with Crippen molar-refractivity contribution in [2.45, 2.75) is 43.9 Å². The van der Waals surface area contributed by atoms with Crippen LogP contribution in [-0.4, -0.2) is 70.3 Å². The second-order valence-electron chi connectivity index (χ2n) is 8.27. The van der Waals surface area contributed by atoms with Gasteiger partial charge in [-0.1, -0.05) is 54.6 Å². The zero-order valence-corrected chi connectivity index (χ0v) is 16.8. The maximum atomic E-state index is 12.8. The van der Waals surface area contributed by atoms with Crippen LogP contribution in [0, 0.1) is 0 Å². The van der Waals surface area contributed by atoms with E-state index in [1.54, 1.807) is 4.90 Å². The fourth-order valence-corrected chi connectivity index (χ4v) is 4.52. The Kier molecular flexibility index (Phi) is 6.28. The van der Waals surface area contributed by atoms with Crippen molar-refractivity contribution in [2.75, 3.05) is 26.2 Å². The second-order valence-corrected chi connectivity index (χ2v) is 8.27. The second kappa shape index (κ2) is 9.08. The van der Waals surface area contributed by atoms with Crippen molar-refractivity contribution in [3.63, 3.8) is 0 Å². The highest BCUT2D eigenvalue weighted by atomic mass is 16.3. The maximum absolute atomic E-state index is 12.8. The van der Waals surface area contributed by atoms with Gasteiger partial charge < -0.3 is 15.1 Å². The van der Waals surface area contributed by atoms with Crippen LogP contribution in [0.1, 0.15) is 24.8 Å². The number of benzene rings is 2. The number of amides is 1. The van der Waals surface area contributed by atoms with Gasteiger partial charge in [-0.15, -0.1) is 0 Å². The van der Waals surface area contributed by atoms with Crippen LogP contribution in [0.4, 0.5) is 0 Å². The Morgan fingerprint density at radius 1 is 0.862 bits per heavy atom. The summed E-state index contributed by atoms with van der Waals surface area (Å²) in [5.74, 6) is 0.0732. The van der Waals surface area contributed by atoms with E-state index in [9.17, 15) is 15.0 Å². The number of piperidine rings is 2. The van der Waals surface area contributed by atoms with Crippen molar-refractivity contribution in [3.8, 4) is 11.1 Å². The minimum Gasteiger partial charge on any atom is -0.393 e. The quantitative estimate of drug-likeness (QED) is 0.835. The van der Waals surface area contributed by atoms with Gasteiger partial charge in [-0.25, -0.2) is 0 Å². The lowest BCUT2D eigenvalue weighted by Crippen LogP contribution is -2.57. The van der Waals surface area contributed by atoms with E-state index in [0.717, 1.165) is 43.5 Å². The van der Waals surface area contributed by atoms with E-state index < -0.39 is 6.10 Å². The van der Waals surface area contributed by atoms with Gasteiger partial charge in [0.05, 0.1) is 18.6 Å². The number of aliphatic hydroxyl groups excluding tert-OH is 2. The molecule has 2 aromatic carbocycles. The molecule has 5 nitrogen and oxygen atoms in total. The maximum Gasteiger partial charge on any atom is 0.227 e. The summed E-state index contributed by atoms with van der Waals surface area (Å²) in [4.78, 5) is 16.8. The predicted octanol–water partition coefficient (Wildman–Crippen LogP) is 2.31. The monoisotopic (exact) mass is 394 g/mol. The third kappa shape index (κ3) is 4.86. The molecule has 29 heavy (non-hydrogen) atoms. The van der Waals surface area contributed by atoms with Gasteiger partial charge in [-0.05, 0) is 36.0 Å². The average Bonchev–Trinajstić information content (AvgIpc) is 2.75. The molecule has 2 saturated heterocycles. The molecule has 2 heterocycles. The van der Waals surface area contributed by atoms with E-state index in [1.165, 1.54) is 5.56 Å². The summed E-state index contributed by atoms with van der Waals surface area (Å²) in [5.41, 5.74) is 3.31. The number of carbonyl (C=O) groups is 1. The standard InChI is InChI=1S/C24H30N2O3/c27-21-10-13-25(14-11-21)22-12-15-26(17-23(22)28)24(29)16-18-6-8-20(9-7-18)19-4-2-1-3-5-19/h1-9,21-23,27-28H,10-17H2/t22-,23-/m1/s1. The van der Waals surface area contributed by atoms with Gasteiger partial charge in [0.2, 0.25) is 5.91 Å². The molecule has 0 bridgehead atoms. The van der Waals surface area contributed by atoms with Crippen molar-refractivity contribution in [1.29, 1.82) is 0 Å². The van der Waals surface area contributed by atoms with Crippen molar-refractivity contribution in [3.05, 3.63) is 60.2 Å². The first-order chi connectivity index (χ1) is 14.1. The van der Waals surface area contributed by atoms with E-state index in [-0.39, 0.29) is 18.1 Å². The van der Waals surface area contributed by atoms with Crippen molar-refractivity contribution in [2.24, 2.45) is 0 Å². The van der Waals surface area contributed by atoms with Crippen LogP contribution in [0.2, 0.25) is 0 Å². The summed E-state index contributed by atoms with van der Waals surface area (Å²) in [7, 11) is 0. The third-order valence-electron chi connectivity index (χ3n) is 6.28. The highest BCUT2D eigenvalue weighted by molar-refractivity contribution is 5.79. The van der Waals surface area contributed by atoms with Crippen molar-refractivity contribution >= 4 is 5.91 Å². The van der Waals surface area contributed by atoms with Crippen LogP contribution in [0.15, 0.2) is 54.6 Å². The van der Waals surface area contributed by atoms with Crippen molar-refractivity contribution < 1.29 is 15.0 Å². The Hall–Kier alpha value is -2.21. The molecule has 0 saturated carbocycles. The number of likely N-dealkylation sites (tertiary alicyclic amines) is 2. The number of nitrogens with zero attached hydrogens (tertiary/aromatic N) is 2. The van der Waals surface area contributed by atoms with Crippen LogP contribution < -0.4 is 0 Å². The Labute approximate surface area is 172 Å². The first-order valence-corrected chi connectivity index (χ1v) is 10.6. The molecule has 2 fully saturated rings. The molecule has 0 unspecified atom stereocenters. The predicted molar refractivity (Wildman–Crippen MR) is 113 cm³/mol. The summed E-state index contributed by atoms with van der Waals surface area (Å²) in [6, 6.07) is 18.4. The topological polar surface area (TPSA) is 64.0 Å². The van der Waals surface area contributed by atoms with Gasteiger partial charge in [0.25, 0.3) is 0 Å². The average molecular weight is 395 g/mol. The number of carbonyl (C=O) groups excluding carboxylic acids is 1. The van der Waals surface area contributed by atoms with E-state index in [4.69, 9.17) is 0 Å². The fraction of sp³-hybridized carbons (Fsp3) is 0.458. The number of aliphatic hydroxyl groups is 2. The number of hydrogen-bond acceptors (Lipinski definition) is 4. The van der Waals surface area contributed by atoms with Crippen LogP contribution in [0.25, 0.3) is 11.1 Å². The van der Waals surface area contributed by atoms with Crippen molar-refractivity contribution in [1.82, 2.24) is 9.80 Å². The molecule has 5 heteroatoms. The lowest BCUT2D eigenvalue weighted by Gasteiger charge is -2.43. The van der Waals surface area contributed by atoms with Crippen LogP contribution in [-0.2, 0) is 11.2 Å². The Balaban J connectivity index is 1.31. The molecule has 0 aliphatic carbocycles. The highest BCUT2D eigenvalue weighted by Gasteiger charge is 2.35. The smallest absolute Gasteiger partial charge is 0.227 e. The lowest BCUT2D eigenvalue weighted by molar-refractivity contribution is -0.136. The van der Waals surface area contributed by atoms with Crippen LogP contribution >= 0.6 is 0 Å². The first kappa shape index (κ1) is 20.1. The van der Waals surface area contributed by atoms with E-state index >= 15 is 0 Å². The molecule has 2 atom stereocenters. The molecule has 0 spiro atoms. The fourth-order valence-electron chi connectivity index (χ4n) is 4.52. The molecule has 0 aromatic heterocycles. The van der Waals surface area contributed by atoms with Crippen LogP contribution in [0.5, 0.6) is 0 Å². The number of rotatable bonds is 4. The van der Waals surface area contributed by atoms with E-state index in [1.807, 2.05) is 30.3 Å². The van der Waals surface area contributed by atoms with E-state index in [2.05, 4.69) is 29.2 Å². The summed E-state index contributed by atoms with van der Waals surface area (Å²) in [5, 5.41) is 20.3. The Bertz CT molecular complexity index is 801. The Morgan fingerprint density at radius 3 is 2.17 bits per heavy atom.